The average Bonchev–Trinajstić information content (AvgIpc) is 1.88. The van der Waals surface area contributed by atoms with Gasteiger partial charge < -0.3 is 0 Å². The van der Waals surface area contributed by atoms with Crippen LogP contribution in [0.3, 0.4) is 0 Å². The second kappa shape index (κ2) is 5.56. The van der Waals surface area contributed by atoms with Gasteiger partial charge in [0.2, 0.25) is 0 Å². The molecule has 1 unspecified atom stereocenters. The van der Waals surface area contributed by atoms with E-state index in [1.807, 2.05) is 0 Å². The Balaban J connectivity index is 3.81. The molecule has 11 heavy (non-hydrogen) atoms. The van der Waals surface area contributed by atoms with E-state index in [9.17, 15) is 4.39 Å². The fraction of sp³-hybridized carbons (Fsp3) is 1.00. The normalized spacial score (nSPS) is 16.9. The van der Waals surface area contributed by atoms with Crippen molar-refractivity contribution in [3.05, 3.63) is 0 Å². The number of alkyl halides is 1. The topological polar surface area (TPSA) is 0 Å². The van der Waals surface area contributed by atoms with Gasteiger partial charge in [-0.1, -0.05) is 34.1 Å². The molecule has 68 valence electrons. The van der Waals surface area contributed by atoms with Crippen LogP contribution < -0.4 is 0 Å². The Morgan fingerprint density at radius 2 is 1.73 bits per heavy atom. The molecule has 0 aliphatic rings. The van der Waals surface area contributed by atoms with Gasteiger partial charge in [-0.3, -0.25) is 4.39 Å². The summed E-state index contributed by atoms with van der Waals surface area (Å²) >= 11 is 0. The van der Waals surface area contributed by atoms with Crippen molar-refractivity contribution in [2.45, 2.75) is 40.5 Å². The van der Waals surface area contributed by atoms with Crippen LogP contribution in [0.4, 0.5) is 4.39 Å². The van der Waals surface area contributed by atoms with E-state index in [1.165, 1.54) is 6.42 Å². The zero-order chi connectivity index (χ0) is 8.85. The molecule has 0 aromatic carbocycles. The second-order valence-electron chi connectivity index (χ2n) is 3.77. The molecule has 0 radical (unpaired) electrons. The summed E-state index contributed by atoms with van der Waals surface area (Å²) in [7, 11) is 0. The Bertz CT molecular complexity index is 88.9. The van der Waals surface area contributed by atoms with Crippen LogP contribution in [-0.2, 0) is 0 Å². The Labute approximate surface area is 70.2 Å². The van der Waals surface area contributed by atoms with Gasteiger partial charge in [-0.2, -0.15) is 0 Å². The number of halogens is 1. The van der Waals surface area contributed by atoms with E-state index in [0.29, 0.717) is 17.8 Å². The molecule has 0 N–H and O–H groups in total. The van der Waals surface area contributed by atoms with Crippen LogP contribution in [0.25, 0.3) is 0 Å². The molecule has 0 heterocycles. The van der Waals surface area contributed by atoms with Crippen LogP contribution >= 0.6 is 0 Å². The van der Waals surface area contributed by atoms with E-state index in [0.717, 1.165) is 6.42 Å². The van der Waals surface area contributed by atoms with Gasteiger partial charge >= 0.3 is 0 Å². The molecule has 0 aliphatic heterocycles. The Morgan fingerprint density at radius 3 is 2.00 bits per heavy atom. The highest BCUT2D eigenvalue weighted by molar-refractivity contribution is 4.67. The average molecular weight is 160 g/mol. The molecular formula is C10H21F. The van der Waals surface area contributed by atoms with Crippen LogP contribution in [0.1, 0.15) is 40.5 Å². The van der Waals surface area contributed by atoms with E-state index < -0.39 is 0 Å². The third-order valence-electron chi connectivity index (χ3n) is 2.62. The van der Waals surface area contributed by atoms with Crippen LogP contribution in [0, 0.1) is 17.8 Å². The lowest BCUT2D eigenvalue weighted by Gasteiger charge is -2.25. The maximum atomic E-state index is 12.0. The molecule has 0 rings (SSSR count). The number of hydrogen-bond donors (Lipinski definition) is 0. The summed E-state index contributed by atoms with van der Waals surface area (Å²) in [5, 5.41) is 0. The second-order valence-corrected chi connectivity index (χ2v) is 3.77. The molecule has 0 aromatic rings. The zero-order valence-corrected chi connectivity index (χ0v) is 8.23. The molecule has 0 aliphatic carbocycles. The lowest BCUT2D eigenvalue weighted by molar-refractivity contribution is 0.233. The fourth-order valence-electron chi connectivity index (χ4n) is 1.92. The molecule has 0 bridgehead atoms. The first-order chi connectivity index (χ1) is 5.13. The largest absolute Gasteiger partial charge is 0.251 e. The predicted octanol–water partition coefficient (Wildman–Crippen LogP) is 3.66. The summed E-state index contributed by atoms with van der Waals surface area (Å²) in [5.74, 6) is 1.94. The molecule has 0 saturated carbocycles. The van der Waals surface area contributed by atoms with Gasteiger partial charge in [0.15, 0.2) is 0 Å². The van der Waals surface area contributed by atoms with Gasteiger partial charge in [-0.05, 0) is 24.2 Å². The van der Waals surface area contributed by atoms with Gasteiger partial charge in [0.25, 0.3) is 0 Å². The lowest BCUT2D eigenvalue weighted by atomic mass is 9.81. The summed E-state index contributed by atoms with van der Waals surface area (Å²) in [6.07, 6.45) is 1.91. The third-order valence-corrected chi connectivity index (χ3v) is 2.62. The SMILES string of the molecule is CC[C@H](C(C)C)C(C)CCF. The smallest absolute Gasteiger partial charge is 0.0897 e. The van der Waals surface area contributed by atoms with Gasteiger partial charge in [-0.15, -0.1) is 0 Å². The van der Waals surface area contributed by atoms with Crippen molar-refractivity contribution in [1.29, 1.82) is 0 Å². The van der Waals surface area contributed by atoms with Gasteiger partial charge in [-0.25, -0.2) is 0 Å². The highest BCUT2D eigenvalue weighted by Gasteiger charge is 2.17. The highest BCUT2D eigenvalue weighted by Crippen LogP contribution is 2.26. The zero-order valence-electron chi connectivity index (χ0n) is 8.23. The van der Waals surface area contributed by atoms with Crippen LogP contribution in [0.5, 0.6) is 0 Å². The van der Waals surface area contributed by atoms with Crippen molar-refractivity contribution < 1.29 is 4.39 Å². The number of hydrogen-bond acceptors (Lipinski definition) is 0. The van der Waals surface area contributed by atoms with Crippen molar-refractivity contribution in [3.8, 4) is 0 Å². The molecule has 0 spiro atoms. The standard InChI is InChI=1S/C10H21F/c1-5-10(8(2)3)9(4)6-7-11/h8-10H,5-7H2,1-4H3/t9?,10-/m1/s1. The summed E-state index contributed by atoms with van der Waals surface area (Å²) in [6.45, 7) is 8.64. The van der Waals surface area contributed by atoms with E-state index in [1.54, 1.807) is 0 Å². The van der Waals surface area contributed by atoms with Crippen molar-refractivity contribution >= 4 is 0 Å². The summed E-state index contributed by atoms with van der Waals surface area (Å²) in [4.78, 5) is 0. The molecule has 1 heteroatoms. The van der Waals surface area contributed by atoms with E-state index in [4.69, 9.17) is 0 Å². The van der Waals surface area contributed by atoms with Crippen LogP contribution in [-0.4, -0.2) is 6.67 Å². The van der Waals surface area contributed by atoms with E-state index in [2.05, 4.69) is 27.7 Å². The van der Waals surface area contributed by atoms with Crippen LogP contribution in [0.15, 0.2) is 0 Å². The monoisotopic (exact) mass is 160 g/mol. The van der Waals surface area contributed by atoms with Crippen molar-refractivity contribution in [2.75, 3.05) is 6.67 Å². The highest BCUT2D eigenvalue weighted by atomic mass is 19.1. The predicted molar refractivity (Wildman–Crippen MR) is 48.4 cm³/mol. The van der Waals surface area contributed by atoms with Gasteiger partial charge in [0.05, 0.1) is 6.67 Å². The molecule has 0 fully saturated rings. The fourth-order valence-corrected chi connectivity index (χ4v) is 1.92. The van der Waals surface area contributed by atoms with Crippen LogP contribution in [0.2, 0.25) is 0 Å². The first kappa shape index (κ1) is 10.9. The Kier molecular flexibility index (Phi) is 5.53. The lowest BCUT2D eigenvalue weighted by Crippen LogP contribution is -2.17. The van der Waals surface area contributed by atoms with E-state index in [-0.39, 0.29) is 6.67 Å². The minimum absolute atomic E-state index is 0.162. The summed E-state index contributed by atoms with van der Waals surface area (Å²) in [6, 6.07) is 0. The first-order valence-corrected chi connectivity index (χ1v) is 4.69. The Hall–Kier alpha value is -0.0700. The van der Waals surface area contributed by atoms with Gasteiger partial charge in [0, 0.05) is 0 Å². The third kappa shape index (κ3) is 3.74. The van der Waals surface area contributed by atoms with E-state index >= 15 is 0 Å². The first-order valence-electron chi connectivity index (χ1n) is 4.69. The molecule has 2 atom stereocenters. The minimum atomic E-state index is -0.162. The maximum Gasteiger partial charge on any atom is 0.0897 e. The van der Waals surface area contributed by atoms with Crippen molar-refractivity contribution in [3.63, 3.8) is 0 Å². The molecule has 0 saturated heterocycles. The number of rotatable bonds is 5. The molecule has 0 aromatic heterocycles. The minimum Gasteiger partial charge on any atom is -0.251 e. The molecular weight excluding hydrogens is 139 g/mol. The maximum absolute atomic E-state index is 12.0. The van der Waals surface area contributed by atoms with Gasteiger partial charge in [0.1, 0.15) is 0 Å². The Morgan fingerprint density at radius 1 is 1.18 bits per heavy atom. The molecule has 0 nitrogen and oxygen atoms in total. The van der Waals surface area contributed by atoms with Crippen molar-refractivity contribution in [2.24, 2.45) is 17.8 Å². The summed E-state index contributed by atoms with van der Waals surface area (Å²) in [5.41, 5.74) is 0. The quantitative estimate of drug-likeness (QED) is 0.575. The van der Waals surface area contributed by atoms with Crippen molar-refractivity contribution in [1.82, 2.24) is 0 Å². The molecule has 0 amide bonds. The summed E-state index contributed by atoms with van der Waals surface area (Å²) < 4.78 is 12.0.